The van der Waals surface area contributed by atoms with Crippen molar-refractivity contribution in [2.24, 2.45) is 10.4 Å². The Hall–Kier alpha value is -3.49. The first-order valence-electron chi connectivity index (χ1n) is 13.6. The number of nitrogens with zero attached hydrogens (tertiary/aromatic N) is 2. The number of hydrogen-bond acceptors (Lipinski definition) is 5. The van der Waals surface area contributed by atoms with Gasteiger partial charge in [0.25, 0.3) is 0 Å². The van der Waals surface area contributed by atoms with Crippen molar-refractivity contribution in [2.75, 3.05) is 26.8 Å². The van der Waals surface area contributed by atoms with E-state index < -0.39 is 30.0 Å². The van der Waals surface area contributed by atoms with Crippen molar-refractivity contribution in [3.63, 3.8) is 0 Å². The number of amides is 1. The van der Waals surface area contributed by atoms with Gasteiger partial charge in [-0.1, -0.05) is 25.5 Å². The third kappa shape index (κ3) is 5.56. The van der Waals surface area contributed by atoms with Crippen LogP contribution in [-0.4, -0.2) is 49.7 Å². The Bertz CT molecular complexity index is 1380. The standard InChI is InChI=1S/C31H35F3N2O4/c1-18-12-21(14-23(13-18)31(32,33)34)27-19(2)36(29(37)40-27)17-22-16-30(3,4)9-8-24(22)25-15-20(6-7-26(25)38-5)28-35-10-11-39-28/h6-7,12-15,19,27H,8-11,16-17H2,1-5H3/t19-,27-/m0/s1. The SMILES string of the molecule is COc1ccc(C2=NCCO2)cc1C1=C(CN2C(=O)O[C@H](c3cc(C)cc(C(F)(F)F)c3)[C@@H]2C)CC(C)(C)CC1. The number of ether oxygens (including phenoxy) is 3. The molecule has 2 aliphatic heterocycles. The summed E-state index contributed by atoms with van der Waals surface area (Å²) in [4.78, 5) is 19.3. The number of benzene rings is 2. The fourth-order valence-corrected chi connectivity index (χ4v) is 5.98. The van der Waals surface area contributed by atoms with E-state index in [4.69, 9.17) is 14.2 Å². The highest BCUT2D eigenvalue weighted by molar-refractivity contribution is 5.96. The normalized spacial score (nSPS) is 22.8. The zero-order valence-electron chi connectivity index (χ0n) is 23.5. The molecule has 1 fully saturated rings. The largest absolute Gasteiger partial charge is 0.496 e. The van der Waals surface area contributed by atoms with Crippen molar-refractivity contribution >= 4 is 17.6 Å². The van der Waals surface area contributed by atoms with E-state index in [2.05, 4.69) is 18.8 Å². The molecule has 0 spiro atoms. The lowest BCUT2D eigenvalue weighted by Crippen LogP contribution is -2.35. The van der Waals surface area contributed by atoms with Gasteiger partial charge in [-0.3, -0.25) is 4.90 Å². The fraction of sp³-hybridized carbons (Fsp3) is 0.484. The zero-order valence-corrected chi connectivity index (χ0v) is 23.5. The number of alkyl halides is 3. The van der Waals surface area contributed by atoms with Crippen LogP contribution in [0.15, 0.2) is 47.0 Å². The quantitative estimate of drug-likeness (QED) is 0.373. The maximum absolute atomic E-state index is 13.5. The molecule has 0 bridgehead atoms. The molecule has 2 aromatic carbocycles. The van der Waals surface area contributed by atoms with Gasteiger partial charge in [-0.2, -0.15) is 13.2 Å². The van der Waals surface area contributed by atoms with E-state index >= 15 is 0 Å². The van der Waals surface area contributed by atoms with Crippen LogP contribution in [0.4, 0.5) is 18.0 Å². The molecule has 2 heterocycles. The van der Waals surface area contributed by atoms with Crippen LogP contribution in [0.2, 0.25) is 0 Å². The van der Waals surface area contributed by atoms with E-state index in [1.807, 2.05) is 25.1 Å². The van der Waals surface area contributed by atoms with Gasteiger partial charge < -0.3 is 14.2 Å². The second-order valence-electron chi connectivity index (χ2n) is 11.7. The molecule has 1 amide bonds. The van der Waals surface area contributed by atoms with Gasteiger partial charge in [-0.25, -0.2) is 9.79 Å². The number of halogens is 3. The monoisotopic (exact) mass is 556 g/mol. The van der Waals surface area contributed by atoms with Crippen LogP contribution in [0, 0.1) is 12.3 Å². The Morgan fingerprint density at radius 2 is 1.95 bits per heavy atom. The van der Waals surface area contributed by atoms with Gasteiger partial charge in [0.1, 0.15) is 18.5 Å². The Morgan fingerprint density at radius 1 is 1.18 bits per heavy atom. The Kier molecular flexibility index (Phi) is 7.35. The third-order valence-corrected chi connectivity index (χ3v) is 8.04. The molecule has 0 aromatic heterocycles. The number of aryl methyl sites for hydroxylation is 1. The van der Waals surface area contributed by atoms with Crippen LogP contribution >= 0.6 is 0 Å². The molecule has 1 saturated heterocycles. The molecule has 0 saturated carbocycles. The molecule has 3 aliphatic rings. The van der Waals surface area contributed by atoms with Crippen LogP contribution in [0.3, 0.4) is 0 Å². The molecule has 2 aromatic rings. The van der Waals surface area contributed by atoms with E-state index in [1.54, 1.807) is 25.0 Å². The zero-order chi connectivity index (χ0) is 28.8. The van der Waals surface area contributed by atoms with Crippen LogP contribution in [-0.2, 0) is 15.7 Å². The summed E-state index contributed by atoms with van der Waals surface area (Å²) in [6, 6.07) is 9.28. The third-order valence-electron chi connectivity index (χ3n) is 8.04. The molecule has 40 heavy (non-hydrogen) atoms. The number of hydrogen-bond donors (Lipinski definition) is 0. The molecule has 9 heteroatoms. The molecule has 1 aliphatic carbocycles. The van der Waals surface area contributed by atoms with Crippen molar-refractivity contribution in [1.82, 2.24) is 4.90 Å². The van der Waals surface area contributed by atoms with Gasteiger partial charge in [-0.05, 0) is 85.6 Å². The summed E-state index contributed by atoms with van der Waals surface area (Å²) < 4.78 is 57.7. The minimum absolute atomic E-state index is 0.0206. The lowest BCUT2D eigenvalue weighted by Gasteiger charge is -2.36. The smallest absolute Gasteiger partial charge is 0.416 e. The molecule has 214 valence electrons. The number of allylic oxidation sites excluding steroid dienone is 1. The number of cyclic esters (lactones) is 1. The van der Waals surface area contributed by atoms with E-state index in [-0.39, 0.29) is 5.41 Å². The van der Waals surface area contributed by atoms with Crippen molar-refractivity contribution in [1.29, 1.82) is 0 Å². The highest BCUT2D eigenvalue weighted by atomic mass is 19.4. The molecule has 0 N–H and O–H groups in total. The van der Waals surface area contributed by atoms with Crippen LogP contribution in [0.5, 0.6) is 5.75 Å². The van der Waals surface area contributed by atoms with E-state index in [9.17, 15) is 18.0 Å². The molecular weight excluding hydrogens is 521 g/mol. The van der Waals surface area contributed by atoms with Crippen molar-refractivity contribution in [3.8, 4) is 5.75 Å². The van der Waals surface area contributed by atoms with Crippen molar-refractivity contribution in [3.05, 3.63) is 69.8 Å². The average Bonchev–Trinajstić information content (AvgIpc) is 3.52. The second kappa shape index (κ2) is 10.5. The first kappa shape index (κ1) is 28.1. The van der Waals surface area contributed by atoms with Crippen molar-refractivity contribution in [2.45, 2.75) is 65.3 Å². The fourth-order valence-electron chi connectivity index (χ4n) is 5.98. The first-order valence-corrected chi connectivity index (χ1v) is 13.6. The van der Waals surface area contributed by atoms with Gasteiger partial charge in [0.05, 0.1) is 25.3 Å². The topological polar surface area (TPSA) is 60.4 Å². The van der Waals surface area contributed by atoms with Crippen LogP contribution in [0.25, 0.3) is 5.57 Å². The number of carbonyl (C=O) groups is 1. The Balaban J connectivity index is 1.50. The molecule has 0 unspecified atom stereocenters. The molecule has 0 radical (unpaired) electrons. The molecule has 6 nitrogen and oxygen atoms in total. The number of methoxy groups -OCH3 is 1. The molecule has 2 atom stereocenters. The van der Waals surface area contributed by atoms with Gasteiger partial charge >= 0.3 is 12.3 Å². The first-order chi connectivity index (χ1) is 18.9. The summed E-state index contributed by atoms with van der Waals surface area (Å²) in [7, 11) is 1.64. The average molecular weight is 557 g/mol. The lowest BCUT2D eigenvalue weighted by molar-refractivity contribution is -0.137. The minimum atomic E-state index is -4.48. The van der Waals surface area contributed by atoms with E-state index in [0.29, 0.717) is 36.7 Å². The van der Waals surface area contributed by atoms with Crippen molar-refractivity contribution < 1.29 is 32.2 Å². The predicted octanol–water partition coefficient (Wildman–Crippen LogP) is 7.34. The van der Waals surface area contributed by atoms with Crippen LogP contribution in [0.1, 0.15) is 74.0 Å². The Labute approximate surface area is 232 Å². The minimum Gasteiger partial charge on any atom is -0.496 e. The van der Waals surface area contributed by atoms with Gasteiger partial charge in [-0.15, -0.1) is 0 Å². The summed E-state index contributed by atoms with van der Waals surface area (Å²) in [6.07, 6.45) is -3.30. The summed E-state index contributed by atoms with van der Waals surface area (Å²) >= 11 is 0. The van der Waals surface area contributed by atoms with Gasteiger partial charge in [0.15, 0.2) is 0 Å². The van der Waals surface area contributed by atoms with Gasteiger partial charge in [0.2, 0.25) is 5.90 Å². The number of carbonyl (C=O) groups excluding carboxylic acids is 1. The van der Waals surface area contributed by atoms with E-state index in [0.717, 1.165) is 59.4 Å². The number of aliphatic imine (C=N–C) groups is 1. The maximum atomic E-state index is 13.5. The Morgan fingerprint density at radius 3 is 2.62 bits per heavy atom. The van der Waals surface area contributed by atoms with Gasteiger partial charge in [0, 0.05) is 17.7 Å². The molecular formula is C31H35F3N2O4. The van der Waals surface area contributed by atoms with Crippen LogP contribution < -0.4 is 4.74 Å². The summed E-state index contributed by atoms with van der Waals surface area (Å²) in [6.45, 7) is 9.36. The summed E-state index contributed by atoms with van der Waals surface area (Å²) in [5.74, 6) is 1.34. The predicted molar refractivity (Wildman–Crippen MR) is 146 cm³/mol. The molecule has 5 rings (SSSR count). The summed E-state index contributed by atoms with van der Waals surface area (Å²) in [5, 5.41) is 0. The number of rotatable bonds is 6. The highest BCUT2D eigenvalue weighted by Crippen LogP contribution is 2.46. The second-order valence-corrected chi connectivity index (χ2v) is 11.7. The lowest BCUT2D eigenvalue weighted by atomic mass is 9.72. The summed E-state index contributed by atoms with van der Waals surface area (Å²) in [5.41, 5.74) is 4.10. The highest BCUT2D eigenvalue weighted by Gasteiger charge is 2.42. The maximum Gasteiger partial charge on any atom is 0.416 e. The van der Waals surface area contributed by atoms with E-state index in [1.165, 1.54) is 0 Å².